The quantitative estimate of drug-likeness (QED) is 0.143. The Morgan fingerprint density at radius 3 is 1.65 bits per heavy atom. The van der Waals surface area contributed by atoms with Gasteiger partial charge in [0.25, 0.3) is 0 Å². The van der Waals surface area contributed by atoms with Gasteiger partial charge >= 0.3 is 0 Å². The van der Waals surface area contributed by atoms with Crippen molar-refractivity contribution in [3.63, 3.8) is 0 Å². The van der Waals surface area contributed by atoms with Crippen LogP contribution in [0.15, 0.2) is 279 Å². The largest absolute Gasteiger partial charge is 0.310 e. The lowest BCUT2D eigenvalue weighted by Gasteiger charge is -2.31. The average molecular weight is 987 g/mol. The number of allylic oxidation sites excluding steroid dienone is 4. The minimum Gasteiger partial charge on any atom is -0.310 e. The van der Waals surface area contributed by atoms with E-state index in [1.165, 1.54) is 71.2 Å². The van der Waals surface area contributed by atoms with Gasteiger partial charge in [0, 0.05) is 78.4 Å². The van der Waals surface area contributed by atoms with E-state index in [9.17, 15) is 0 Å². The normalized spacial score (nSPS) is 15.5. The van der Waals surface area contributed by atoms with Crippen molar-refractivity contribution in [1.29, 1.82) is 0 Å². The molecule has 2 unspecified atom stereocenters. The summed E-state index contributed by atoms with van der Waals surface area (Å²) in [5, 5.41) is 7.37. The summed E-state index contributed by atoms with van der Waals surface area (Å²) in [6, 6.07) is 95.8. The van der Waals surface area contributed by atoms with E-state index in [1.54, 1.807) is 0 Å². The molecule has 2 aliphatic rings. The Morgan fingerprint density at radius 2 is 0.935 bits per heavy atom. The fourth-order valence-corrected chi connectivity index (χ4v) is 13.2. The van der Waals surface area contributed by atoms with Gasteiger partial charge in [-0.3, -0.25) is 0 Å². The number of aromatic nitrogens is 2. The van der Waals surface area contributed by atoms with Gasteiger partial charge in [0.1, 0.15) is 0 Å². The molecule has 0 N–H and O–H groups in total. The highest BCUT2D eigenvalue weighted by molar-refractivity contribution is 6.20. The topological polar surface area (TPSA) is 16.3 Å². The molecule has 0 saturated heterocycles. The van der Waals surface area contributed by atoms with Crippen LogP contribution in [0.25, 0.3) is 76.9 Å². The van der Waals surface area contributed by atoms with Gasteiger partial charge in [0.15, 0.2) is 0 Å². The third-order valence-electron chi connectivity index (χ3n) is 16.7. The third-order valence-corrected chi connectivity index (χ3v) is 16.7. The summed E-state index contributed by atoms with van der Waals surface area (Å²) in [6.45, 7) is 4.86. The number of rotatable bonds is 9. The fourth-order valence-electron chi connectivity index (χ4n) is 13.2. The second-order valence-electron chi connectivity index (χ2n) is 21.4. The monoisotopic (exact) mass is 986 g/mol. The van der Waals surface area contributed by atoms with Crippen molar-refractivity contribution >= 4 is 94.2 Å². The molecule has 2 aromatic heterocycles. The molecular weight excluding hydrogens is 933 g/mol. The standard InChI is InChI=1S/C73H54N4/c1-73(2)67-33-19-17-31-61(67)62-40-37-57(48-68(62)73)77-71-41-36-50(45-65(71)64-39-35-49-21-15-16-30-60(49)72(64)77)51-43-58(74(52-22-7-3-8-23-52)53-24-9-4-10-25-53)46-59(44-51)75(54-26-11-5-12-27-54)56-38-42-70-66(47-56)63-32-18-20-34-69(63)76(70)55-28-13-6-14-29-55/h3-48,62,68H,1-2H3. The maximum absolute atomic E-state index is 2.58. The predicted octanol–water partition coefficient (Wildman–Crippen LogP) is 19.8. The first-order valence-corrected chi connectivity index (χ1v) is 26.9. The highest BCUT2D eigenvalue weighted by atomic mass is 15.2. The first kappa shape index (κ1) is 44.8. The van der Waals surface area contributed by atoms with Gasteiger partial charge in [-0.1, -0.05) is 184 Å². The van der Waals surface area contributed by atoms with Gasteiger partial charge in [-0.2, -0.15) is 0 Å². The molecule has 4 heteroatoms. The Hall–Kier alpha value is -9.64. The van der Waals surface area contributed by atoms with Gasteiger partial charge in [-0.15, -0.1) is 0 Å². The van der Waals surface area contributed by atoms with Crippen LogP contribution in [0.5, 0.6) is 0 Å². The summed E-state index contributed by atoms with van der Waals surface area (Å²) < 4.78 is 4.94. The Morgan fingerprint density at radius 1 is 0.377 bits per heavy atom. The van der Waals surface area contributed by atoms with E-state index in [2.05, 4.69) is 312 Å². The number of nitrogens with zero attached hydrogens (tertiary/aromatic N) is 4. The molecule has 0 aliphatic heterocycles. The lowest BCUT2D eigenvalue weighted by Crippen LogP contribution is -2.25. The zero-order valence-electron chi connectivity index (χ0n) is 43.0. The maximum Gasteiger partial charge on any atom is 0.0619 e. The van der Waals surface area contributed by atoms with E-state index in [0.717, 1.165) is 50.9 Å². The van der Waals surface area contributed by atoms with Crippen molar-refractivity contribution in [2.75, 3.05) is 9.80 Å². The Kier molecular flexibility index (Phi) is 10.3. The van der Waals surface area contributed by atoms with Crippen LogP contribution in [0.2, 0.25) is 0 Å². The van der Waals surface area contributed by atoms with Crippen molar-refractivity contribution in [3.8, 4) is 16.8 Å². The highest BCUT2D eigenvalue weighted by Crippen LogP contribution is 2.55. The lowest BCUT2D eigenvalue weighted by atomic mass is 9.74. The summed E-state index contributed by atoms with van der Waals surface area (Å²) in [5.41, 5.74) is 18.7. The van der Waals surface area contributed by atoms with Gasteiger partial charge in [0.05, 0.1) is 22.1 Å². The van der Waals surface area contributed by atoms with Crippen LogP contribution in [0.4, 0.5) is 34.1 Å². The molecule has 0 fully saturated rings. The van der Waals surface area contributed by atoms with E-state index in [1.807, 2.05) is 0 Å². The molecule has 77 heavy (non-hydrogen) atoms. The molecule has 4 nitrogen and oxygen atoms in total. The molecule has 15 rings (SSSR count). The third kappa shape index (κ3) is 7.20. The zero-order chi connectivity index (χ0) is 51.2. The SMILES string of the molecule is CC1(C)c2ccccc2C2C=CC(n3c4ccc(-c5cc(N(c6ccccc6)c6ccccc6)cc(N(c6ccccc6)c6ccc7c(c6)c6ccccc6n7-c6ccccc6)c5)cc4c4ccc5ccccc5c43)=CC21. The van der Waals surface area contributed by atoms with Crippen LogP contribution >= 0.6 is 0 Å². The first-order valence-electron chi connectivity index (χ1n) is 26.9. The zero-order valence-corrected chi connectivity index (χ0v) is 43.0. The van der Waals surface area contributed by atoms with Crippen molar-refractivity contribution in [2.24, 2.45) is 5.92 Å². The summed E-state index contributed by atoms with van der Waals surface area (Å²) in [5.74, 6) is 0.678. The summed E-state index contributed by atoms with van der Waals surface area (Å²) in [6.07, 6.45) is 7.44. The number of hydrogen-bond acceptors (Lipinski definition) is 2. The Bertz CT molecular complexity index is 4450. The van der Waals surface area contributed by atoms with Crippen LogP contribution in [0.1, 0.15) is 30.9 Å². The first-order chi connectivity index (χ1) is 38.0. The molecule has 2 heterocycles. The summed E-state index contributed by atoms with van der Waals surface area (Å²) >= 11 is 0. The average Bonchev–Trinajstić information content (AvgIpc) is 4.18. The lowest BCUT2D eigenvalue weighted by molar-refractivity contribution is 0.394. The molecule has 0 bridgehead atoms. The van der Waals surface area contributed by atoms with Crippen LogP contribution in [-0.2, 0) is 5.41 Å². The number of benzene rings is 11. The van der Waals surface area contributed by atoms with Crippen molar-refractivity contribution in [3.05, 3.63) is 290 Å². The maximum atomic E-state index is 2.58. The van der Waals surface area contributed by atoms with E-state index in [4.69, 9.17) is 0 Å². The van der Waals surface area contributed by atoms with Crippen LogP contribution in [-0.4, -0.2) is 9.13 Å². The smallest absolute Gasteiger partial charge is 0.0619 e. The molecule has 2 aliphatic carbocycles. The van der Waals surface area contributed by atoms with Gasteiger partial charge in [-0.25, -0.2) is 0 Å². The van der Waals surface area contributed by atoms with Crippen molar-refractivity contribution < 1.29 is 0 Å². The Balaban J connectivity index is 0.963. The van der Waals surface area contributed by atoms with E-state index in [-0.39, 0.29) is 5.41 Å². The fraction of sp³-hybridized carbons (Fsp3) is 0.0685. The van der Waals surface area contributed by atoms with E-state index >= 15 is 0 Å². The second kappa shape index (κ2) is 17.8. The van der Waals surface area contributed by atoms with Crippen molar-refractivity contribution in [1.82, 2.24) is 9.13 Å². The van der Waals surface area contributed by atoms with Crippen LogP contribution in [0.3, 0.4) is 0 Å². The number of para-hydroxylation sites is 5. The van der Waals surface area contributed by atoms with E-state index < -0.39 is 0 Å². The van der Waals surface area contributed by atoms with Crippen LogP contribution in [0, 0.1) is 5.92 Å². The minimum absolute atomic E-state index is 0.0121. The van der Waals surface area contributed by atoms with Gasteiger partial charge in [0.2, 0.25) is 0 Å². The summed E-state index contributed by atoms with van der Waals surface area (Å²) in [4.78, 5) is 4.82. The molecule has 2 atom stereocenters. The van der Waals surface area contributed by atoms with E-state index in [0.29, 0.717) is 11.8 Å². The summed E-state index contributed by atoms with van der Waals surface area (Å²) in [7, 11) is 0. The molecule has 0 spiro atoms. The Labute approximate surface area is 448 Å². The molecule has 0 amide bonds. The molecule has 0 saturated carbocycles. The number of fused-ring (bicyclic) bond motifs is 11. The molecule has 366 valence electrons. The molecule has 0 radical (unpaired) electrons. The molecule has 11 aromatic carbocycles. The highest BCUT2D eigenvalue weighted by Gasteiger charge is 2.45. The predicted molar refractivity (Wildman–Crippen MR) is 325 cm³/mol. The molecular formula is C73H54N4. The number of hydrogen-bond donors (Lipinski definition) is 0. The van der Waals surface area contributed by atoms with Crippen LogP contribution < -0.4 is 9.80 Å². The van der Waals surface area contributed by atoms with Gasteiger partial charge < -0.3 is 18.9 Å². The molecule has 13 aromatic rings. The van der Waals surface area contributed by atoms with Gasteiger partial charge in [-0.05, 0) is 148 Å². The minimum atomic E-state index is -0.0121. The van der Waals surface area contributed by atoms with Crippen molar-refractivity contribution in [2.45, 2.75) is 25.2 Å². The second-order valence-corrected chi connectivity index (χ2v) is 21.4. The number of anilines is 6.